The molecule has 116 valence electrons. The highest BCUT2D eigenvalue weighted by atomic mass is 32.2. The summed E-state index contributed by atoms with van der Waals surface area (Å²) < 4.78 is 25.4. The van der Waals surface area contributed by atoms with Crippen molar-refractivity contribution in [1.29, 1.82) is 0 Å². The van der Waals surface area contributed by atoms with Crippen LogP contribution in [-0.2, 0) is 22.9 Å². The van der Waals surface area contributed by atoms with E-state index in [-0.39, 0.29) is 0 Å². The molecule has 0 spiro atoms. The van der Waals surface area contributed by atoms with E-state index >= 15 is 0 Å². The maximum absolute atomic E-state index is 12.7. The Morgan fingerprint density at radius 2 is 1.52 bits per heavy atom. The Labute approximate surface area is 135 Å². The molecule has 0 fully saturated rings. The lowest BCUT2D eigenvalue weighted by Crippen LogP contribution is -2.29. The molecule has 0 aromatic heterocycles. The zero-order valence-electron chi connectivity index (χ0n) is 12.4. The van der Waals surface area contributed by atoms with E-state index in [1.807, 2.05) is 36.4 Å². The smallest absolute Gasteiger partial charge is 0.257 e. The first kappa shape index (κ1) is 14.2. The third kappa shape index (κ3) is 2.48. The van der Waals surface area contributed by atoms with Crippen LogP contribution in [0.5, 0.6) is 0 Å². The maximum Gasteiger partial charge on any atom is 0.257 e. The number of nitrogens with one attached hydrogen (secondary N) is 2. The molecule has 3 aromatic rings. The zero-order valence-corrected chi connectivity index (χ0v) is 13.2. The summed E-state index contributed by atoms with van der Waals surface area (Å²) in [5, 5.41) is 1.88. The third-order valence-corrected chi connectivity index (χ3v) is 5.54. The minimum absolute atomic E-state index is 0.309. The van der Waals surface area contributed by atoms with Crippen molar-refractivity contribution in [2.45, 2.75) is 17.7 Å². The van der Waals surface area contributed by atoms with Gasteiger partial charge in [-0.2, -0.15) is 0 Å². The maximum atomic E-state index is 12.7. The largest absolute Gasteiger partial charge is 0.308 e. The number of para-hydroxylation sites is 1. The summed E-state index contributed by atoms with van der Waals surface area (Å²) in [7, 11) is -3.65. The molecule has 0 saturated carbocycles. The van der Waals surface area contributed by atoms with E-state index in [4.69, 9.17) is 0 Å². The average Bonchev–Trinajstić information content (AvgIpc) is 3.00. The summed E-state index contributed by atoms with van der Waals surface area (Å²) in [6.07, 6.45) is 1.96. The lowest BCUT2D eigenvalue weighted by molar-refractivity contribution is 0.588. The molecule has 0 saturated heterocycles. The average molecular weight is 324 g/mol. The predicted molar refractivity (Wildman–Crippen MR) is 91.7 cm³/mol. The van der Waals surface area contributed by atoms with Gasteiger partial charge in [-0.1, -0.05) is 42.5 Å². The van der Waals surface area contributed by atoms with Crippen molar-refractivity contribution in [3.63, 3.8) is 0 Å². The quantitative estimate of drug-likeness (QED) is 0.724. The molecule has 0 atom stereocenters. The second-order valence-corrected chi connectivity index (χ2v) is 7.31. The fraction of sp³-hybridized carbons (Fsp3) is 0.111. The van der Waals surface area contributed by atoms with Gasteiger partial charge in [-0.05, 0) is 47.6 Å². The van der Waals surface area contributed by atoms with Crippen molar-refractivity contribution < 1.29 is 8.42 Å². The Hall–Kier alpha value is -2.37. The van der Waals surface area contributed by atoms with Gasteiger partial charge in [0.05, 0.1) is 4.90 Å². The van der Waals surface area contributed by atoms with Crippen molar-refractivity contribution in [3.05, 3.63) is 71.8 Å². The number of benzene rings is 3. The van der Waals surface area contributed by atoms with Gasteiger partial charge in [0.25, 0.3) is 10.0 Å². The van der Waals surface area contributed by atoms with E-state index in [9.17, 15) is 8.42 Å². The van der Waals surface area contributed by atoms with Crippen LogP contribution in [0.1, 0.15) is 11.1 Å². The molecule has 3 aromatic carbocycles. The lowest BCUT2D eigenvalue weighted by Gasteiger charge is -2.12. The fourth-order valence-electron chi connectivity index (χ4n) is 3.16. The Balaban J connectivity index is 1.74. The number of rotatable bonds is 4. The number of hydrazine groups is 1. The molecule has 0 heterocycles. The third-order valence-electron chi connectivity index (χ3n) is 4.23. The minimum atomic E-state index is -3.65. The van der Waals surface area contributed by atoms with Gasteiger partial charge in [-0.25, -0.2) is 8.42 Å². The van der Waals surface area contributed by atoms with E-state index < -0.39 is 10.0 Å². The van der Waals surface area contributed by atoms with E-state index in [1.165, 1.54) is 11.1 Å². The number of hydrogen-bond acceptors (Lipinski definition) is 3. The van der Waals surface area contributed by atoms with Gasteiger partial charge in [0.1, 0.15) is 0 Å². The van der Waals surface area contributed by atoms with Crippen molar-refractivity contribution in [2.24, 2.45) is 0 Å². The molecular formula is C18H16N2O2S. The van der Waals surface area contributed by atoms with E-state index in [1.54, 1.807) is 18.2 Å². The van der Waals surface area contributed by atoms with Crippen LogP contribution in [0.25, 0.3) is 10.8 Å². The molecule has 0 bridgehead atoms. The molecule has 5 heteroatoms. The van der Waals surface area contributed by atoms with Gasteiger partial charge in [-0.3, -0.25) is 0 Å². The SMILES string of the molecule is O=S(=O)(NNc1ccccc1)c1ccc2c3c(cccc13)CC2. The van der Waals surface area contributed by atoms with Gasteiger partial charge < -0.3 is 5.43 Å². The highest BCUT2D eigenvalue weighted by molar-refractivity contribution is 7.89. The van der Waals surface area contributed by atoms with Crippen LogP contribution < -0.4 is 10.3 Å². The number of aryl methyl sites for hydroxylation is 2. The Morgan fingerprint density at radius 3 is 2.30 bits per heavy atom. The fourth-order valence-corrected chi connectivity index (χ4v) is 4.23. The first-order valence-electron chi connectivity index (χ1n) is 7.51. The van der Waals surface area contributed by atoms with Gasteiger partial charge in [0.2, 0.25) is 0 Å². The summed E-state index contributed by atoms with van der Waals surface area (Å²) in [5.41, 5.74) is 5.91. The van der Waals surface area contributed by atoms with Crippen LogP contribution in [0.3, 0.4) is 0 Å². The monoisotopic (exact) mass is 324 g/mol. The van der Waals surface area contributed by atoms with Crippen molar-refractivity contribution in [1.82, 2.24) is 4.83 Å². The van der Waals surface area contributed by atoms with Gasteiger partial charge >= 0.3 is 0 Å². The normalized spacial score (nSPS) is 13.4. The molecule has 0 unspecified atom stereocenters. The molecule has 4 rings (SSSR count). The highest BCUT2D eigenvalue weighted by Gasteiger charge is 2.22. The molecule has 0 aliphatic heterocycles. The van der Waals surface area contributed by atoms with Crippen molar-refractivity contribution in [2.75, 3.05) is 5.43 Å². The topological polar surface area (TPSA) is 58.2 Å². The van der Waals surface area contributed by atoms with Gasteiger partial charge in [0, 0.05) is 11.1 Å². The number of hydrogen-bond donors (Lipinski definition) is 2. The van der Waals surface area contributed by atoms with E-state index in [0.29, 0.717) is 10.6 Å². The lowest BCUT2D eigenvalue weighted by atomic mass is 10.1. The standard InChI is InChI=1S/C18H16N2O2S/c21-23(22,20-19-15-6-2-1-3-7-15)17-12-11-14-10-9-13-5-4-8-16(17)18(13)14/h1-8,11-12,19-20H,9-10H2. The Bertz CT molecular complexity index is 972. The summed E-state index contributed by atoms with van der Waals surface area (Å²) in [6.45, 7) is 0. The molecule has 23 heavy (non-hydrogen) atoms. The van der Waals surface area contributed by atoms with Crippen LogP contribution >= 0.6 is 0 Å². The van der Waals surface area contributed by atoms with Crippen LogP contribution in [0.15, 0.2) is 65.6 Å². The second kappa shape index (κ2) is 5.37. The van der Waals surface area contributed by atoms with Gasteiger partial charge in [0.15, 0.2) is 0 Å². The molecule has 4 nitrogen and oxygen atoms in total. The van der Waals surface area contributed by atoms with E-state index in [0.717, 1.165) is 23.6 Å². The minimum Gasteiger partial charge on any atom is -0.308 e. The van der Waals surface area contributed by atoms with Crippen LogP contribution in [-0.4, -0.2) is 8.42 Å². The zero-order chi connectivity index (χ0) is 15.9. The van der Waals surface area contributed by atoms with Crippen molar-refractivity contribution >= 4 is 26.5 Å². The Morgan fingerprint density at radius 1 is 0.783 bits per heavy atom. The highest BCUT2D eigenvalue weighted by Crippen LogP contribution is 2.34. The molecule has 0 amide bonds. The summed E-state index contributed by atoms with van der Waals surface area (Å²) in [6, 6.07) is 18.7. The first-order valence-corrected chi connectivity index (χ1v) is 9.00. The number of sulfonamides is 1. The van der Waals surface area contributed by atoms with Crippen molar-refractivity contribution in [3.8, 4) is 0 Å². The first-order chi connectivity index (χ1) is 11.1. The predicted octanol–water partition coefficient (Wildman–Crippen LogP) is 3.24. The van der Waals surface area contributed by atoms with Crippen LogP contribution in [0.4, 0.5) is 5.69 Å². The molecule has 0 radical (unpaired) electrons. The molecule has 2 N–H and O–H groups in total. The molecule has 1 aliphatic rings. The van der Waals surface area contributed by atoms with Gasteiger partial charge in [-0.15, -0.1) is 4.83 Å². The van der Waals surface area contributed by atoms with Crippen LogP contribution in [0.2, 0.25) is 0 Å². The summed E-state index contributed by atoms with van der Waals surface area (Å²) in [5.74, 6) is 0. The summed E-state index contributed by atoms with van der Waals surface area (Å²) >= 11 is 0. The Kier molecular flexibility index (Phi) is 3.32. The molecule has 1 aliphatic carbocycles. The summed E-state index contributed by atoms with van der Waals surface area (Å²) in [4.78, 5) is 2.77. The molecular weight excluding hydrogens is 308 g/mol. The second-order valence-electron chi connectivity index (χ2n) is 5.66. The van der Waals surface area contributed by atoms with Crippen LogP contribution in [0, 0.1) is 0 Å². The number of anilines is 1. The van der Waals surface area contributed by atoms with E-state index in [2.05, 4.69) is 16.3 Å².